The Balaban J connectivity index is 2.66. The SMILES string of the molecule is C=C(C)c1cc(CC(C)=O)n2ccccc12. The Labute approximate surface area is 95.2 Å². The number of hydrogen-bond acceptors (Lipinski definition) is 1. The third kappa shape index (κ3) is 1.78. The lowest BCUT2D eigenvalue weighted by Gasteiger charge is -2.00. The Morgan fingerprint density at radius 3 is 2.75 bits per heavy atom. The predicted octanol–water partition coefficient (Wildman–Crippen LogP) is 3.10. The van der Waals surface area contributed by atoms with E-state index in [1.807, 2.05) is 31.3 Å². The summed E-state index contributed by atoms with van der Waals surface area (Å²) in [4.78, 5) is 11.2. The van der Waals surface area contributed by atoms with Crippen molar-refractivity contribution >= 4 is 16.9 Å². The molecule has 0 fully saturated rings. The van der Waals surface area contributed by atoms with Gasteiger partial charge in [0.1, 0.15) is 5.78 Å². The van der Waals surface area contributed by atoms with E-state index in [0.717, 1.165) is 22.3 Å². The van der Waals surface area contributed by atoms with E-state index < -0.39 is 0 Å². The molecule has 2 nitrogen and oxygen atoms in total. The smallest absolute Gasteiger partial charge is 0.135 e. The van der Waals surface area contributed by atoms with Gasteiger partial charge >= 0.3 is 0 Å². The molecule has 0 radical (unpaired) electrons. The van der Waals surface area contributed by atoms with Crippen molar-refractivity contribution in [3.63, 3.8) is 0 Å². The average Bonchev–Trinajstić information content (AvgIpc) is 2.57. The zero-order valence-corrected chi connectivity index (χ0v) is 9.66. The number of pyridine rings is 1. The first kappa shape index (κ1) is 10.7. The van der Waals surface area contributed by atoms with Crippen LogP contribution in [0, 0.1) is 0 Å². The molecule has 0 unspecified atom stereocenters. The van der Waals surface area contributed by atoms with E-state index in [2.05, 4.69) is 17.0 Å². The third-order valence-corrected chi connectivity index (χ3v) is 2.65. The van der Waals surface area contributed by atoms with E-state index in [9.17, 15) is 4.79 Å². The summed E-state index contributed by atoms with van der Waals surface area (Å²) >= 11 is 0. The second-order valence-electron chi connectivity index (χ2n) is 4.16. The number of allylic oxidation sites excluding steroid dienone is 1. The van der Waals surface area contributed by atoms with Gasteiger partial charge in [-0.15, -0.1) is 0 Å². The van der Waals surface area contributed by atoms with Gasteiger partial charge in [-0.1, -0.05) is 12.6 Å². The van der Waals surface area contributed by atoms with E-state index in [4.69, 9.17) is 0 Å². The molecule has 0 saturated carbocycles. The van der Waals surface area contributed by atoms with Crippen LogP contribution in [0.1, 0.15) is 25.1 Å². The van der Waals surface area contributed by atoms with E-state index in [1.54, 1.807) is 6.92 Å². The summed E-state index contributed by atoms with van der Waals surface area (Å²) in [6.45, 7) is 7.57. The minimum absolute atomic E-state index is 0.177. The lowest BCUT2D eigenvalue weighted by molar-refractivity contribution is -0.116. The van der Waals surface area contributed by atoms with Gasteiger partial charge in [-0.25, -0.2) is 0 Å². The molecule has 2 rings (SSSR count). The lowest BCUT2D eigenvalue weighted by atomic mass is 10.1. The largest absolute Gasteiger partial charge is 0.320 e. The minimum Gasteiger partial charge on any atom is -0.320 e. The molecule has 0 aliphatic rings. The van der Waals surface area contributed by atoms with Gasteiger partial charge in [-0.2, -0.15) is 0 Å². The summed E-state index contributed by atoms with van der Waals surface area (Å²) in [6, 6.07) is 8.07. The maximum Gasteiger partial charge on any atom is 0.135 e. The Morgan fingerprint density at radius 1 is 1.38 bits per heavy atom. The van der Waals surface area contributed by atoms with Crippen LogP contribution in [0.2, 0.25) is 0 Å². The van der Waals surface area contributed by atoms with Gasteiger partial charge in [0.25, 0.3) is 0 Å². The number of Topliss-reactive ketones (excluding diaryl/α,β-unsaturated/α-hetero) is 1. The first-order valence-corrected chi connectivity index (χ1v) is 5.34. The molecular formula is C14H15NO. The molecule has 0 saturated heterocycles. The Bertz CT molecular complexity index is 563. The van der Waals surface area contributed by atoms with Crippen LogP contribution >= 0.6 is 0 Å². The number of nitrogens with zero attached hydrogens (tertiary/aromatic N) is 1. The fraction of sp³-hybridized carbons (Fsp3) is 0.214. The molecule has 2 aromatic rings. The van der Waals surface area contributed by atoms with E-state index >= 15 is 0 Å². The lowest BCUT2D eigenvalue weighted by Crippen LogP contribution is -1.99. The molecule has 0 atom stereocenters. The highest BCUT2D eigenvalue weighted by Crippen LogP contribution is 2.23. The fourth-order valence-electron chi connectivity index (χ4n) is 1.96. The quantitative estimate of drug-likeness (QED) is 0.767. The van der Waals surface area contributed by atoms with E-state index in [-0.39, 0.29) is 5.78 Å². The predicted molar refractivity (Wildman–Crippen MR) is 66.5 cm³/mol. The van der Waals surface area contributed by atoms with Crippen molar-refractivity contribution in [3.05, 3.63) is 48.3 Å². The number of ketones is 1. The van der Waals surface area contributed by atoms with Crippen LogP contribution in [-0.2, 0) is 11.2 Å². The Hall–Kier alpha value is -1.83. The van der Waals surface area contributed by atoms with Gasteiger partial charge in [-0.05, 0) is 37.6 Å². The normalized spacial score (nSPS) is 10.6. The zero-order valence-electron chi connectivity index (χ0n) is 9.66. The average molecular weight is 213 g/mol. The molecule has 0 spiro atoms. The standard InChI is InChI=1S/C14H15NO/c1-10(2)13-9-12(8-11(3)16)15-7-5-4-6-14(13)15/h4-7,9H,1,8H2,2-3H3. The number of fused-ring (bicyclic) bond motifs is 1. The van der Waals surface area contributed by atoms with Crippen molar-refractivity contribution in [2.45, 2.75) is 20.3 Å². The second kappa shape index (κ2) is 3.97. The van der Waals surface area contributed by atoms with Gasteiger partial charge in [0, 0.05) is 23.9 Å². The van der Waals surface area contributed by atoms with Gasteiger partial charge in [0.15, 0.2) is 0 Å². The monoisotopic (exact) mass is 213 g/mol. The second-order valence-corrected chi connectivity index (χ2v) is 4.16. The van der Waals surface area contributed by atoms with Gasteiger partial charge in [-0.3, -0.25) is 4.79 Å². The topological polar surface area (TPSA) is 21.5 Å². The van der Waals surface area contributed by atoms with Crippen LogP contribution in [0.4, 0.5) is 0 Å². The molecule has 16 heavy (non-hydrogen) atoms. The molecule has 2 heteroatoms. The van der Waals surface area contributed by atoms with Crippen molar-refractivity contribution in [2.75, 3.05) is 0 Å². The van der Waals surface area contributed by atoms with Crippen molar-refractivity contribution in [1.29, 1.82) is 0 Å². The maximum atomic E-state index is 11.2. The molecule has 0 aromatic carbocycles. The van der Waals surface area contributed by atoms with Crippen LogP contribution in [-0.4, -0.2) is 10.2 Å². The Kier molecular flexibility index (Phi) is 2.65. The van der Waals surface area contributed by atoms with Crippen LogP contribution in [0.15, 0.2) is 37.0 Å². The van der Waals surface area contributed by atoms with Gasteiger partial charge in [0.05, 0.1) is 5.52 Å². The van der Waals surface area contributed by atoms with E-state index in [1.165, 1.54) is 0 Å². The summed E-state index contributed by atoms with van der Waals surface area (Å²) in [5.41, 5.74) is 4.29. The van der Waals surface area contributed by atoms with Crippen LogP contribution in [0.5, 0.6) is 0 Å². The molecular weight excluding hydrogens is 198 g/mol. The van der Waals surface area contributed by atoms with E-state index in [0.29, 0.717) is 6.42 Å². The van der Waals surface area contributed by atoms with Gasteiger partial charge in [0.2, 0.25) is 0 Å². The van der Waals surface area contributed by atoms with Gasteiger partial charge < -0.3 is 4.40 Å². The molecule has 2 heterocycles. The molecule has 0 aliphatic carbocycles. The van der Waals surface area contributed by atoms with Crippen molar-refractivity contribution in [1.82, 2.24) is 4.40 Å². The fourth-order valence-corrected chi connectivity index (χ4v) is 1.96. The highest BCUT2D eigenvalue weighted by atomic mass is 16.1. The zero-order chi connectivity index (χ0) is 11.7. The molecule has 0 N–H and O–H groups in total. The highest BCUT2D eigenvalue weighted by molar-refractivity contribution is 5.82. The van der Waals surface area contributed by atoms with Crippen LogP contribution < -0.4 is 0 Å². The number of carbonyl (C=O) groups is 1. The first-order chi connectivity index (χ1) is 7.59. The molecule has 0 aliphatic heterocycles. The summed E-state index contributed by atoms with van der Waals surface area (Å²) in [5.74, 6) is 0.177. The summed E-state index contributed by atoms with van der Waals surface area (Å²) in [5, 5.41) is 0. The number of hydrogen-bond donors (Lipinski definition) is 0. The molecule has 0 amide bonds. The van der Waals surface area contributed by atoms with Crippen LogP contribution in [0.25, 0.3) is 11.1 Å². The number of carbonyl (C=O) groups excluding carboxylic acids is 1. The third-order valence-electron chi connectivity index (χ3n) is 2.65. The summed E-state index contributed by atoms with van der Waals surface area (Å²) in [6.07, 6.45) is 2.46. The van der Waals surface area contributed by atoms with Crippen molar-refractivity contribution in [2.24, 2.45) is 0 Å². The first-order valence-electron chi connectivity index (χ1n) is 5.34. The van der Waals surface area contributed by atoms with Crippen LogP contribution in [0.3, 0.4) is 0 Å². The molecule has 2 aromatic heterocycles. The number of rotatable bonds is 3. The summed E-state index contributed by atoms with van der Waals surface area (Å²) < 4.78 is 2.06. The summed E-state index contributed by atoms with van der Waals surface area (Å²) in [7, 11) is 0. The van der Waals surface area contributed by atoms with Crippen molar-refractivity contribution < 1.29 is 4.79 Å². The molecule has 0 bridgehead atoms. The number of aromatic nitrogens is 1. The maximum absolute atomic E-state index is 11.2. The highest BCUT2D eigenvalue weighted by Gasteiger charge is 2.09. The molecule has 82 valence electrons. The minimum atomic E-state index is 0.177. The Morgan fingerprint density at radius 2 is 2.12 bits per heavy atom. The van der Waals surface area contributed by atoms with Crippen molar-refractivity contribution in [3.8, 4) is 0 Å².